The Hall–Kier alpha value is -3.56. The highest BCUT2D eigenvalue weighted by molar-refractivity contribution is 7.89. The molecule has 4 rings (SSSR count). The summed E-state index contributed by atoms with van der Waals surface area (Å²) in [7, 11) is -2.45. The van der Waals surface area contributed by atoms with Crippen LogP contribution in [0.25, 0.3) is 11.3 Å². The normalized spacial score (nSPS) is 16.0. The quantitative estimate of drug-likeness (QED) is 0.377. The molecule has 1 aromatic heterocycles. The van der Waals surface area contributed by atoms with E-state index in [1.807, 2.05) is 29.6 Å². The number of halogens is 4. The summed E-state index contributed by atoms with van der Waals surface area (Å²) in [5.74, 6) is -3.06. The topological polar surface area (TPSA) is 126 Å². The lowest BCUT2D eigenvalue weighted by molar-refractivity contribution is -0.192. The smallest absolute Gasteiger partial charge is 0.490 e. The number of amides is 1. The van der Waals surface area contributed by atoms with Crippen LogP contribution in [-0.2, 0) is 19.6 Å². The third-order valence-corrected chi connectivity index (χ3v) is 8.73. The number of benzene rings is 2. The van der Waals surface area contributed by atoms with E-state index in [2.05, 4.69) is 10.3 Å². The van der Waals surface area contributed by atoms with Crippen molar-refractivity contribution in [1.82, 2.24) is 9.29 Å². The highest BCUT2D eigenvalue weighted by Gasteiger charge is 2.39. The number of piperidine rings is 1. The Morgan fingerprint density at radius 2 is 1.80 bits per heavy atom. The van der Waals surface area contributed by atoms with E-state index in [0.29, 0.717) is 23.7 Å². The largest absolute Gasteiger partial charge is 0.497 e. The predicted molar refractivity (Wildman–Crippen MR) is 139 cm³/mol. The third kappa shape index (κ3) is 7.34. The van der Waals surface area contributed by atoms with Crippen molar-refractivity contribution in [1.29, 1.82) is 0 Å². The Labute approximate surface area is 231 Å². The SMILES string of the molecule is COc1ccc(-c2csc(NC(=O)[C@H]3CCCCN3S(=O)(=O)c3cccc(F)c3C)n2)cc1.O=C(O)C(F)(F)F. The number of carboxylic acid groups (broad SMARTS) is 1. The van der Waals surface area contributed by atoms with E-state index in [1.54, 1.807) is 7.11 Å². The Kier molecular flexibility index (Phi) is 9.87. The number of nitrogens with zero attached hydrogens (tertiary/aromatic N) is 2. The fourth-order valence-corrected chi connectivity index (χ4v) is 6.48. The van der Waals surface area contributed by atoms with Crippen molar-refractivity contribution < 1.29 is 45.4 Å². The number of aromatic nitrogens is 1. The fourth-order valence-electron chi connectivity index (χ4n) is 3.86. The number of carboxylic acids is 1. The van der Waals surface area contributed by atoms with E-state index in [9.17, 15) is 30.8 Å². The summed E-state index contributed by atoms with van der Waals surface area (Å²) in [4.78, 5) is 26.3. The molecule has 1 atom stereocenters. The maximum Gasteiger partial charge on any atom is 0.490 e. The van der Waals surface area contributed by atoms with E-state index in [0.717, 1.165) is 17.7 Å². The molecule has 2 heterocycles. The average Bonchev–Trinajstić information content (AvgIpc) is 3.38. The molecule has 1 aliphatic rings. The number of aliphatic carboxylic acids is 1. The van der Waals surface area contributed by atoms with Crippen LogP contribution in [-0.4, -0.2) is 60.6 Å². The molecule has 2 aromatic carbocycles. The van der Waals surface area contributed by atoms with Gasteiger partial charge in [0.25, 0.3) is 0 Å². The molecular weight excluding hydrogens is 578 g/mol. The molecule has 0 saturated carbocycles. The summed E-state index contributed by atoms with van der Waals surface area (Å²) in [6, 6.07) is 10.5. The van der Waals surface area contributed by atoms with Gasteiger partial charge in [-0.25, -0.2) is 22.6 Å². The average molecular weight is 604 g/mol. The molecule has 1 aliphatic heterocycles. The maximum atomic E-state index is 14.0. The number of rotatable bonds is 6. The molecule has 9 nitrogen and oxygen atoms in total. The molecule has 40 heavy (non-hydrogen) atoms. The highest BCUT2D eigenvalue weighted by atomic mass is 32.2. The monoisotopic (exact) mass is 603 g/mol. The standard InChI is InChI=1S/C23H24FN3O4S2.C2HF3O2/c1-15-18(24)6-5-8-21(15)33(29,30)27-13-4-3-7-20(27)22(28)26-23-25-19(14-32-23)16-9-11-17(31-2)12-10-16;3-2(4,5)1(6)7/h5-6,8-12,14,20H,3-4,7,13H2,1-2H3,(H,25,26,28);(H,6,7)/t20-;/m1./s1. The summed E-state index contributed by atoms with van der Waals surface area (Å²) >= 11 is 1.26. The van der Waals surface area contributed by atoms with Crippen LogP contribution in [0, 0.1) is 12.7 Å². The van der Waals surface area contributed by atoms with Gasteiger partial charge in [-0.3, -0.25) is 4.79 Å². The second-order valence-electron chi connectivity index (χ2n) is 8.55. The summed E-state index contributed by atoms with van der Waals surface area (Å²) in [5.41, 5.74) is 1.61. The van der Waals surface area contributed by atoms with Crippen LogP contribution in [0.15, 0.2) is 52.7 Å². The van der Waals surface area contributed by atoms with Crippen molar-refractivity contribution in [3.8, 4) is 17.0 Å². The third-order valence-electron chi connectivity index (χ3n) is 5.92. The van der Waals surface area contributed by atoms with Crippen LogP contribution in [0.5, 0.6) is 5.75 Å². The lowest BCUT2D eigenvalue weighted by Crippen LogP contribution is -2.50. The molecule has 3 aromatic rings. The van der Waals surface area contributed by atoms with Gasteiger partial charge >= 0.3 is 12.1 Å². The number of thiazole rings is 1. The van der Waals surface area contributed by atoms with Gasteiger partial charge in [0.05, 0.1) is 17.7 Å². The minimum absolute atomic E-state index is 0.0475. The van der Waals surface area contributed by atoms with Crippen LogP contribution >= 0.6 is 11.3 Å². The van der Waals surface area contributed by atoms with Crippen molar-refractivity contribution in [2.45, 2.75) is 43.3 Å². The number of alkyl halides is 3. The number of anilines is 1. The molecular formula is C25H25F4N3O6S2. The van der Waals surface area contributed by atoms with Gasteiger partial charge in [0.15, 0.2) is 5.13 Å². The zero-order valence-corrected chi connectivity index (χ0v) is 22.9. The van der Waals surface area contributed by atoms with Crippen molar-refractivity contribution >= 4 is 38.4 Å². The Morgan fingerprint density at radius 3 is 2.40 bits per heavy atom. The molecule has 1 amide bonds. The number of hydrogen-bond donors (Lipinski definition) is 2. The van der Waals surface area contributed by atoms with Gasteiger partial charge in [-0.05, 0) is 56.2 Å². The van der Waals surface area contributed by atoms with E-state index >= 15 is 0 Å². The molecule has 1 saturated heterocycles. The first kappa shape index (κ1) is 31.0. The van der Waals surface area contributed by atoms with Gasteiger partial charge in [0.2, 0.25) is 15.9 Å². The number of ether oxygens (including phenoxy) is 1. The van der Waals surface area contributed by atoms with E-state index in [1.165, 1.54) is 40.8 Å². The van der Waals surface area contributed by atoms with Crippen LogP contribution in [0.3, 0.4) is 0 Å². The molecule has 0 spiro atoms. The van der Waals surface area contributed by atoms with Gasteiger partial charge in [-0.2, -0.15) is 17.5 Å². The summed E-state index contributed by atoms with van der Waals surface area (Å²) < 4.78 is 78.8. The van der Waals surface area contributed by atoms with Crippen LogP contribution in [0.1, 0.15) is 24.8 Å². The summed E-state index contributed by atoms with van der Waals surface area (Å²) in [6.07, 6.45) is -3.34. The Bertz CT molecular complexity index is 1460. The molecule has 2 N–H and O–H groups in total. The molecule has 216 valence electrons. The van der Waals surface area contributed by atoms with Crippen molar-refractivity contribution in [2.24, 2.45) is 0 Å². The highest BCUT2D eigenvalue weighted by Crippen LogP contribution is 2.30. The zero-order valence-electron chi connectivity index (χ0n) is 21.2. The minimum Gasteiger partial charge on any atom is -0.497 e. The fraction of sp³-hybridized carbons (Fsp3) is 0.320. The van der Waals surface area contributed by atoms with E-state index in [4.69, 9.17) is 14.6 Å². The first-order valence-electron chi connectivity index (χ1n) is 11.7. The second kappa shape index (κ2) is 12.7. The number of carbonyl (C=O) groups is 2. The Morgan fingerprint density at radius 1 is 1.15 bits per heavy atom. The van der Waals surface area contributed by atoms with E-state index < -0.39 is 39.9 Å². The zero-order chi connectivity index (χ0) is 29.7. The molecule has 0 bridgehead atoms. The van der Waals surface area contributed by atoms with Gasteiger partial charge < -0.3 is 15.2 Å². The van der Waals surface area contributed by atoms with E-state index in [-0.39, 0.29) is 17.0 Å². The van der Waals surface area contributed by atoms with Gasteiger partial charge in [-0.1, -0.05) is 12.5 Å². The van der Waals surface area contributed by atoms with Crippen molar-refractivity contribution in [2.75, 3.05) is 19.0 Å². The summed E-state index contributed by atoms with van der Waals surface area (Å²) in [5, 5.41) is 12.1. The first-order valence-corrected chi connectivity index (χ1v) is 14.1. The van der Waals surface area contributed by atoms with Gasteiger partial charge in [0, 0.05) is 23.1 Å². The molecule has 0 radical (unpaired) electrons. The van der Waals surface area contributed by atoms with Gasteiger partial charge in [-0.15, -0.1) is 11.3 Å². The number of carbonyl (C=O) groups excluding carboxylic acids is 1. The van der Waals surface area contributed by atoms with Gasteiger partial charge in [0.1, 0.15) is 17.6 Å². The van der Waals surface area contributed by atoms with Crippen LogP contribution in [0.4, 0.5) is 22.7 Å². The Balaban J connectivity index is 0.000000559. The number of methoxy groups -OCH3 is 1. The lowest BCUT2D eigenvalue weighted by Gasteiger charge is -2.33. The summed E-state index contributed by atoms with van der Waals surface area (Å²) in [6.45, 7) is 1.63. The molecule has 1 fully saturated rings. The number of nitrogens with one attached hydrogen (secondary N) is 1. The minimum atomic E-state index is -5.08. The van der Waals surface area contributed by atoms with Crippen molar-refractivity contribution in [3.05, 3.63) is 59.2 Å². The molecule has 0 unspecified atom stereocenters. The van der Waals surface area contributed by atoms with Crippen molar-refractivity contribution in [3.63, 3.8) is 0 Å². The second-order valence-corrected chi connectivity index (χ2v) is 11.3. The number of hydrogen-bond acceptors (Lipinski definition) is 7. The maximum absolute atomic E-state index is 14.0. The molecule has 0 aliphatic carbocycles. The first-order chi connectivity index (χ1) is 18.8. The number of sulfonamides is 1. The van der Waals surface area contributed by atoms with Crippen LogP contribution in [0.2, 0.25) is 0 Å². The molecule has 15 heteroatoms. The predicted octanol–water partition coefficient (Wildman–Crippen LogP) is 5.08. The lowest BCUT2D eigenvalue weighted by atomic mass is 10.0. The van der Waals surface area contributed by atoms with Crippen LogP contribution < -0.4 is 10.1 Å².